The molecule has 33 heavy (non-hydrogen) atoms. The number of methoxy groups -OCH3 is 1. The van der Waals surface area contributed by atoms with Crippen LogP contribution in [0.25, 0.3) is 0 Å². The minimum Gasteiger partial charge on any atom is -0.495 e. The predicted molar refractivity (Wildman–Crippen MR) is 125 cm³/mol. The van der Waals surface area contributed by atoms with Gasteiger partial charge in [0.25, 0.3) is 0 Å². The maximum absolute atomic E-state index is 12.6. The molecule has 178 valence electrons. The Balaban J connectivity index is 0.00000193. The van der Waals surface area contributed by atoms with E-state index in [9.17, 15) is 9.59 Å². The highest BCUT2D eigenvalue weighted by molar-refractivity contribution is 6.25. The van der Waals surface area contributed by atoms with Crippen molar-refractivity contribution in [2.24, 2.45) is 5.73 Å². The molecule has 8 N–H and O–H groups in total. The Labute approximate surface area is 192 Å². The van der Waals surface area contributed by atoms with Gasteiger partial charge in [-0.2, -0.15) is 0 Å². The number of nitrogens with two attached hydrogens (primary N) is 1. The smallest absolute Gasteiger partial charge is 0.230 e. The zero-order valence-corrected chi connectivity index (χ0v) is 18.7. The third kappa shape index (κ3) is 5.28. The van der Waals surface area contributed by atoms with Gasteiger partial charge in [0.15, 0.2) is 0 Å². The summed E-state index contributed by atoms with van der Waals surface area (Å²) in [5.41, 5.74) is 7.35. The number of benzene rings is 1. The number of piperazine rings is 1. The number of hydrogen-bond acceptors (Lipinski definition) is 10. The van der Waals surface area contributed by atoms with Crippen LogP contribution in [-0.4, -0.2) is 78.3 Å². The number of ketones is 2. The second-order valence-corrected chi connectivity index (χ2v) is 7.51. The first kappa shape index (κ1) is 25.7. The van der Waals surface area contributed by atoms with Crippen LogP contribution in [0.2, 0.25) is 0 Å². The van der Waals surface area contributed by atoms with Crippen molar-refractivity contribution in [3.05, 3.63) is 59.4 Å². The SMILES string of the molecule is COc1ccccc1N1CCN(CCCNC2=C(N)C(=O)c3ncncc3C2=O)CC1.N.O. The van der Waals surface area contributed by atoms with Crippen LogP contribution in [0.1, 0.15) is 27.3 Å². The second kappa shape index (κ2) is 11.4. The highest BCUT2D eigenvalue weighted by atomic mass is 16.5. The summed E-state index contributed by atoms with van der Waals surface area (Å²) in [6, 6.07) is 8.07. The van der Waals surface area contributed by atoms with Crippen molar-refractivity contribution < 1.29 is 19.8 Å². The molecule has 2 aromatic rings. The maximum Gasteiger partial charge on any atom is 0.230 e. The highest BCUT2D eigenvalue weighted by Gasteiger charge is 2.32. The molecule has 0 saturated carbocycles. The first-order valence-electron chi connectivity index (χ1n) is 10.3. The molecular weight excluding hydrogens is 426 g/mol. The van der Waals surface area contributed by atoms with E-state index in [0.717, 1.165) is 50.6 Å². The lowest BCUT2D eigenvalue weighted by Crippen LogP contribution is -2.47. The lowest BCUT2D eigenvalue weighted by atomic mass is 9.96. The molecule has 1 saturated heterocycles. The van der Waals surface area contributed by atoms with Gasteiger partial charge < -0.3 is 32.3 Å². The van der Waals surface area contributed by atoms with Gasteiger partial charge in [-0.25, -0.2) is 9.97 Å². The normalized spacial score (nSPS) is 16.0. The molecule has 2 aliphatic rings. The Morgan fingerprint density at radius 3 is 2.58 bits per heavy atom. The molecule has 1 aromatic heterocycles. The zero-order valence-electron chi connectivity index (χ0n) is 18.7. The number of aromatic nitrogens is 2. The number of nitrogens with zero attached hydrogens (tertiary/aromatic N) is 4. The summed E-state index contributed by atoms with van der Waals surface area (Å²) in [6.45, 7) is 5.19. The number of carbonyl (C=O) groups is 2. The molecule has 11 nitrogen and oxygen atoms in total. The van der Waals surface area contributed by atoms with Gasteiger partial charge in [-0.1, -0.05) is 12.1 Å². The molecule has 1 aliphatic carbocycles. The summed E-state index contributed by atoms with van der Waals surface area (Å²) in [7, 11) is 1.69. The number of rotatable bonds is 7. The monoisotopic (exact) mass is 457 g/mol. The topological polar surface area (TPSA) is 180 Å². The van der Waals surface area contributed by atoms with E-state index in [1.54, 1.807) is 7.11 Å². The number of para-hydroxylation sites is 2. The fourth-order valence-corrected chi connectivity index (χ4v) is 3.97. The van der Waals surface area contributed by atoms with E-state index < -0.39 is 5.78 Å². The van der Waals surface area contributed by atoms with E-state index in [1.807, 2.05) is 18.2 Å². The molecule has 0 amide bonds. The fraction of sp³-hybridized carbons (Fsp3) is 0.364. The van der Waals surface area contributed by atoms with Crippen LogP contribution in [-0.2, 0) is 0 Å². The number of Topliss-reactive ketones (excluding diaryl/α,β-unsaturated/α-hetero) is 2. The van der Waals surface area contributed by atoms with E-state index in [1.165, 1.54) is 12.5 Å². The number of anilines is 1. The van der Waals surface area contributed by atoms with Crippen molar-refractivity contribution in [1.29, 1.82) is 0 Å². The molecular formula is C22H31N7O4. The number of allylic oxidation sites excluding steroid dienone is 2. The molecule has 0 unspecified atom stereocenters. The molecule has 11 heteroatoms. The van der Waals surface area contributed by atoms with Crippen LogP contribution in [0.5, 0.6) is 5.75 Å². The third-order valence-electron chi connectivity index (χ3n) is 5.66. The van der Waals surface area contributed by atoms with Gasteiger partial charge in [-0.05, 0) is 25.1 Å². The lowest BCUT2D eigenvalue weighted by Gasteiger charge is -2.36. The van der Waals surface area contributed by atoms with Gasteiger partial charge in [-0.3, -0.25) is 14.5 Å². The molecule has 0 bridgehead atoms. The van der Waals surface area contributed by atoms with E-state index >= 15 is 0 Å². The van der Waals surface area contributed by atoms with E-state index in [2.05, 4.69) is 31.2 Å². The van der Waals surface area contributed by atoms with Gasteiger partial charge in [0.05, 0.1) is 18.4 Å². The van der Waals surface area contributed by atoms with Crippen molar-refractivity contribution in [1.82, 2.24) is 26.3 Å². The fourth-order valence-electron chi connectivity index (χ4n) is 3.97. The van der Waals surface area contributed by atoms with Crippen molar-refractivity contribution in [3.8, 4) is 5.75 Å². The van der Waals surface area contributed by atoms with Crippen LogP contribution in [0.3, 0.4) is 0 Å². The minimum absolute atomic E-state index is 0. The van der Waals surface area contributed by atoms with Gasteiger partial charge in [0.1, 0.15) is 29.2 Å². The van der Waals surface area contributed by atoms with Crippen LogP contribution in [0.15, 0.2) is 48.2 Å². The zero-order chi connectivity index (χ0) is 21.8. The van der Waals surface area contributed by atoms with Crippen LogP contribution >= 0.6 is 0 Å². The standard InChI is InChI=1S/C22H26N6O3.H3N.H2O/c1-31-17-6-3-2-5-16(17)28-11-9-27(10-12-28)8-4-7-25-20-18(23)22(30)19-15(21(20)29)13-24-14-26-19;;/h2-3,5-6,13-14,25H,4,7-12,23H2,1H3;1H3;1H2. The average Bonchev–Trinajstić information content (AvgIpc) is 2.82. The van der Waals surface area contributed by atoms with Crippen LogP contribution < -0.4 is 26.8 Å². The molecule has 0 radical (unpaired) electrons. The quantitative estimate of drug-likeness (QED) is 0.485. The predicted octanol–water partition coefficient (Wildman–Crippen LogP) is 0.174. The van der Waals surface area contributed by atoms with Crippen LogP contribution in [0, 0.1) is 0 Å². The Bertz CT molecular complexity index is 1020. The first-order chi connectivity index (χ1) is 15.1. The lowest BCUT2D eigenvalue weighted by molar-refractivity contribution is 0.0963. The van der Waals surface area contributed by atoms with Crippen molar-refractivity contribution in [2.75, 3.05) is 51.3 Å². The largest absolute Gasteiger partial charge is 0.495 e. The molecule has 0 atom stereocenters. The number of ether oxygens (including phenoxy) is 1. The number of carbonyl (C=O) groups excluding carboxylic acids is 2. The molecule has 4 rings (SSSR count). The van der Waals surface area contributed by atoms with Crippen LogP contribution in [0.4, 0.5) is 5.69 Å². The summed E-state index contributed by atoms with van der Waals surface area (Å²) in [6.07, 6.45) is 3.42. The molecule has 1 aliphatic heterocycles. The van der Waals surface area contributed by atoms with Crippen molar-refractivity contribution >= 4 is 17.3 Å². The van der Waals surface area contributed by atoms with Gasteiger partial charge >= 0.3 is 0 Å². The summed E-state index contributed by atoms with van der Waals surface area (Å²) >= 11 is 0. The Morgan fingerprint density at radius 1 is 1.12 bits per heavy atom. The minimum atomic E-state index is -0.438. The summed E-state index contributed by atoms with van der Waals surface area (Å²) < 4.78 is 5.47. The average molecular weight is 458 g/mol. The van der Waals surface area contributed by atoms with E-state index in [-0.39, 0.29) is 40.1 Å². The summed E-state index contributed by atoms with van der Waals surface area (Å²) in [5, 5.41) is 3.06. The molecule has 1 fully saturated rings. The summed E-state index contributed by atoms with van der Waals surface area (Å²) in [4.78, 5) is 37.5. The highest BCUT2D eigenvalue weighted by Crippen LogP contribution is 2.28. The van der Waals surface area contributed by atoms with Crippen molar-refractivity contribution in [3.63, 3.8) is 0 Å². The Kier molecular flexibility index (Phi) is 8.85. The van der Waals surface area contributed by atoms with E-state index in [4.69, 9.17) is 10.5 Å². The van der Waals surface area contributed by atoms with E-state index in [0.29, 0.717) is 6.54 Å². The Morgan fingerprint density at radius 2 is 1.85 bits per heavy atom. The van der Waals surface area contributed by atoms with Crippen molar-refractivity contribution in [2.45, 2.75) is 6.42 Å². The number of fused-ring (bicyclic) bond motifs is 1. The molecule has 1 aromatic carbocycles. The van der Waals surface area contributed by atoms with Gasteiger partial charge in [-0.15, -0.1) is 0 Å². The first-order valence-corrected chi connectivity index (χ1v) is 10.3. The molecule has 2 heterocycles. The summed E-state index contributed by atoms with van der Waals surface area (Å²) in [5.74, 6) is 0.120. The second-order valence-electron chi connectivity index (χ2n) is 7.51. The maximum atomic E-state index is 12.6. The number of nitrogens with one attached hydrogen (secondary N) is 1. The Hall–Kier alpha value is -3.54. The van der Waals surface area contributed by atoms with Gasteiger partial charge in [0.2, 0.25) is 11.6 Å². The van der Waals surface area contributed by atoms with Gasteiger partial charge in [0, 0.05) is 38.9 Å². The third-order valence-corrected chi connectivity index (χ3v) is 5.66. The number of hydrogen-bond donors (Lipinski definition) is 3. The molecule has 0 spiro atoms.